The van der Waals surface area contributed by atoms with Crippen molar-refractivity contribution >= 4 is 32.5 Å². The number of hydrogen-bond acceptors (Lipinski definition) is 4. The molecule has 12 aromatic carbocycles. The highest BCUT2D eigenvalue weighted by Crippen LogP contribution is 2.51. The van der Waals surface area contributed by atoms with E-state index in [1.807, 2.05) is 60.7 Å². The van der Waals surface area contributed by atoms with Gasteiger partial charge in [-0.3, -0.25) is 0 Å². The van der Waals surface area contributed by atoms with Crippen molar-refractivity contribution in [3.8, 4) is 131 Å². The first-order valence-electron chi connectivity index (χ1n) is 28.4. The van der Waals surface area contributed by atoms with Crippen LogP contribution in [0, 0.1) is 0 Å². The van der Waals surface area contributed by atoms with Crippen LogP contribution in [-0.4, -0.2) is 8.42 Å². The third-order valence-corrected chi connectivity index (χ3v) is 20.2. The normalized spacial score (nSPS) is 11.4. The van der Waals surface area contributed by atoms with Crippen LogP contribution in [0.1, 0.15) is 0 Å². The molecule has 0 spiro atoms. The maximum atomic E-state index is 17.1. The van der Waals surface area contributed by atoms with Crippen LogP contribution in [0.5, 0.6) is 0 Å². The Bertz CT molecular complexity index is 4240. The Balaban J connectivity index is 1.05. The van der Waals surface area contributed by atoms with Crippen molar-refractivity contribution in [2.75, 3.05) is 0 Å². The van der Waals surface area contributed by atoms with Crippen molar-refractivity contribution < 1.29 is 8.42 Å². The molecular weight excluding hydrogens is 1090 g/mol. The van der Waals surface area contributed by atoms with E-state index in [0.29, 0.717) is 9.75 Å². The molecule has 0 amide bonds. The van der Waals surface area contributed by atoms with Gasteiger partial charge < -0.3 is 0 Å². The van der Waals surface area contributed by atoms with Crippen LogP contribution in [0.15, 0.2) is 337 Å². The minimum Gasteiger partial charge on any atom is -0.218 e. The Morgan fingerprint density at radius 1 is 0.176 bits per heavy atom. The number of thiophene rings is 2. The molecule has 0 N–H and O–H groups in total. The molecule has 0 saturated heterocycles. The quantitative estimate of drug-likeness (QED) is 0.109. The number of hydrogen-bond donors (Lipinski definition) is 0. The molecule has 5 heteroatoms. The van der Waals surface area contributed by atoms with Gasteiger partial charge in [0.25, 0.3) is 0 Å². The van der Waals surface area contributed by atoms with Crippen molar-refractivity contribution in [2.24, 2.45) is 0 Å². The van der Waals surface area contributed by atoms with Crippen LogP contribution in [-0.2, 0) is 9.84 Å². The third-order valence-electron chi connectivity index (χ3n) is 15.7. The van der Waals surface area contributed by atoms with Crippen LogP contribution in [0.4, 0.5) is 0 Å². The smallest absolute Gasteiger partial charge is 0.209 e. The topological polar surface area (TPSA) is 34.1 Å². The zero-order chi connectivity index (χ0) is 57.1. The summed E-state index contributed by atoms with van der Waals surface area (Å²) in [5, 5.41) is 0. The Labute approximate surface area is 505 Å². The summed E-state index contributed by atoms with van der Waals surface area (Å²) in [5.41, 5.74) is 20.1. The molecule has 0 aliphatic heterocycles. The Morgan fingerprint density at radius 2 is 0.341 bits per heavy atom. The van der Waals surface area contributed by atoms with Gasteiger partial charge in [0, 0.05) is 9.75 Å². The molecular formula is C80H54O2S3. The van der Waals surface area contributed by atoms with Crippen LogP contribution in [0.25, 0.3) is 131 Å². The van der Waals surface area contributed by atoms with Gasteiger partial charge in [-0.25, -0.2) is 8.42 Å². The van der Waals surface area contributed by atoms with Crippen molar-refractivity contribution in [3.05, 3.63) is 328 Å². The van der Waals surface area contributed by atoms with Gasteiger partial charge >= 0.3 is 0 Å². The average molecular weight is 1140 g/mol. The van der Waals surface area contributed by atoms with E-state index in [9.17, 15) is 0 Å². The summed E-state index contributed by atoms with van der Waals surface area (Å²) < 4.78 is 34.2. The molecule has 2 nitrogen and oxygen atoms in total. The molecule has 404 valence electrons. The van der Waals surface area contributed by atoms with Crippen LogP contribution < -0.4 is 0 Å². The van der Waals surface area contributed by atoms with E-state index < -0.39 is 9.84 Å². The first-order valence-corrected chi connectivity index (χ1v) is 31.5. The Hall–Kier alpha value is -10.0. The van der Waals surface area contributed by atoms with Gasteiger partial charge in [0.05, 0.1) is 19.5 Å². The predicted molar refractivity (Wildman–Crippen MR) is 359 cm³/mol. The molecule has 0 unspecified atom stereocenters. The fourth-order valence-electron chi connectivity index (χ4n) is 11.4. The maximum Gasteiger partial charge on any atom is 0.209 e. The lowest BCUT2D eigenvalue weighted by atomic mass is 9.95. The lowest BCUT2D eigenvalue weighted by Crippen LogP contribution is -2.03. The predicted octanol–water partition coefficient (Wildman–Crippen LogP) is 22.6. The monoisotopic (exact) mass is 1140 g/mol. The summed E-state index contributed by atoms with van der Waals surface area (Å²) in [7, 11) is -4.41. The molecule has 0 atom stereocenters. The molecule has 0 fully saturated rings. The lowest BCUT2D eigenvalue weighted by Gasteiger charge is -2.13. The van der Waals surface area contributed by atoms with E-state index in [4.69, 9.17) is 0 Å². The summed E-state index contributed by atoms with van der Waals surface area (Å²) in [5.74, 6) is 0. The fourth-order valence-corrected chi connectivity index (χ4v) is 16.0. The minimum absolute atomic E-state index is 0.249. The second-order valence-corrected chi connectivity index (χ2v) is 25.2. The van der Waals surface area contributed by atoms with Gasteiger partial charge in [-0.2, -0.15) is 0 Å². The fraction of sp³-hybridized carbons (Fsp3) is 0. The maximum absolute atomic E-state index is 17.1. The standard InChI is InChI=1S/C80H54O2S3/c81-85(82,77-53-75(71-45-63(55-25-9-1-10-26-55)41-64(46-71)56-27-11-2-12-28-56)83-79(77)73-49-67(59-33-17-5-18-34-59)43-68(50-73)60-35-19-6-20-36-60)78-54-76(72-47-65(57-29-13-3-14-30-57)42-66(48-72)58-31-15-4-16-32-58)84-80(78)74-51-69(61-37-21-7-22-38-61)44-70(52-74)62-39-23-8-24-40-62/h1-54H. The van der Waals surface area contributed by atoms with Crippen LogP contribution in [0.3, 0.4) is 0 Å². The van der Waals surface area contributed by atoms with E-state index in [0.717, 1.165) is 121 Å². The zero-order valence-electron chi connectivity index (χ0n) is 46.2. The van der Waals surface area contributed by atoms with E-state index in [1.54, 1.807) is 0 Å². The lowest BCUT2D eigenvalue weighted by molar-refractivity contribution is 0.597. The van der Waals surface area contributed by atoms with E-state index >= 15 is 8.42 Å². The summed E-state index contributed by atoms with van der Waals surface area (Å²) in [6.45, 7) is 0. The third kappa shape index (κ3) is 11.1. The zero-order valence-corrected chi connectivity index (χ0v) is 48.7. The molecule has 0 bridgehead atoms. The van der Waals surface area contributed by atoms with Crippen molar-refractivity contribution in [3.63, 3.8) is 0 Å². The Morgan fingerprint density at radius 3 is 0.529 bits per heavy atom. The highest BCUT2D eigenvalue weighted by molar-refractivity contribution is 7.92. The van der Waals surface area contributed by atoms with Crippen molar-refractivity contribution in [2.45, 2.75) is 9.79 Å². The van der Waals surface area contributed by atoms with E-state index in [2.05, 4.69) is 267 Å². The van der Waals surface area contributed by atoms with Gasteiger partial charge in [0.15, 0.2) is 0 Å². The molecule has 0 radical (unpaired) electrons. The second kappa shape index (κ2) is 23.3. The van der Waals surface area contributed by atoms with Gasteiger partial charge in [-0.1, -0.05) is 243 Å². The average Bonchev–Trinajstić information content (AvgIpc) is 2.38. The number of rotatable bonds is 14. The van der Waals surface area contributed by atoms with Crippen LogP contribution >= 0.6 is 22.7 Å². The number of benzene rings is 12. The summed E-state index contributed by atoms with van der Waals surface area (Å²) in [6.07, 6.45) is 0. The summed E-state index contributed by atoms with van der Waals surface area (Å²) in [6, 6.07) is 114. The summed E-state index contributed by atoms with van der Waals surface area (Å²) in [4.78, 5) is 3.50. The van der Waals surface area contributed by atoms with Crippen LogP contribution in [0.2, 0.25) is 0 Å². The highest BCUT2D eigenvalue weighted by Gasteiger charge is 2.32. The van der Waals surface area contributed by atoms with Crippen molar-refractivity contribution in [1.82, 2.24) is 0 Å². The molecule has 0 saturated carbocycles. The Kier molecular flexibility index (Phi) is 14.6. The highest BCUT2D eigenvalue weighted by atomic mass is 32.2. The summed E-state index contributed by atoms with van der Waals surface area (Å²) >= 11 is 3.06. The second-order valence-electron chi connectivity index (χ2n) is 21.2. The molecule has 14 rings (SSSR count). The minimum atomic E-state index is -4.41. The molecule has 14 aromatic rings. The molecule has 2 aromatic heterocycles. The largest absolute Gasteiger partial charge is 0.218 e. The molecule has 0 aliphatic rings. The van der Waals surface area contributed by atoms with E-state index in [-0.39, 0.29) is 9.79 Å². The van der Waals surface area contributed by atoms with Gasteiger partial charge in [0.1, 0.15) is 0 Å². The molecule has 85 heavy (non-hydrogen) atoms. The first-order chi connectivity index (χ1) is 41.8. The van der Waals surface area contributed by atoms with Gasteiger partial charge in [-0.05, 0) is 196 Å². The first kappa shape index (κ1) is 53.0. The molecule has 0 aliphatic carbocycles. The van der Waals surface area contributed by atoms with Gasteiger partial charge in [-0.15, -0.1) is 22.7 Å². The number of sulfone groups is 1. The SMILES string of the molecule is O=S(=O)(c1cc(-c2cc(-c3ccccc3)cc(-c3ccccc3)c2)sc1-c1cc(-c2ccccc2)cc(-c2ccccc2)c1)c1cc(-c2cc(-c3ccccc3)cc(-c3ccccc3)c2)sc1-c1cc(-c2ccccc2)cc(-c2ccccc2)c1. The van der Waals surface area contributed by atoms with Crippen molar-refractivity contribution in [1.29, 1.82) is 0 Å². The van der Waals surface area contributed by atoms with Gasteiger partial charge in [0.2, 0.25) is 9.84 Å². The molecule has 2 heterocycles. The van der Waals surface area contributed by atoms with E-state index in [1.165, 1.54) is 22.7 Å².